The maximum absolute atomic E-state index is 14.2. The number of methoxy groups -OCH3 is 1. The summed E-state index contributed by atoms with van der Waals surface area (Å²) in [6.07, 6.45) is 3.20. The number of nitrogens with one attached hydrogen (secondary N) is 1. The van der Waals surface area contributed by atoms with Gasteiger partial charge in [-0.25, -0.2) is 9.37 Å². The van der Waals surface area contributed by atoms with Gasteiger partial charge in [0.25, 0.3) is 5.56 Å². The van der Waals surface area contributed by atoms with Gasteiger partial charge in [-0.05, 0) is 31.9 Å². The molecule has 2 aliphatic rings. The third kappa shape index (κ3) is 3.98. The second-order valence-electron chi connectivity index (χ2n) is 7.37. The molecule has 0 spiro atoms. The monoisotopic (exact) mass is 372 g/mol. The van der Waals surface area contributed by atoms with Crippen molar-refractivity contribution in [2.24, 2.45) is 0 Å². The molecule has 2 aromatic rings. The molecule has 3 heterocycles. The van der Waals surface area contributed by atoms with Crippen LogP contribution in [0.2, 0.25) is 0 Å². The lowest BCUT2D eigenvalue weighted by atomic mass is 10.0. The Morgan fingerprint density at radius 2 is 2.07 bits per heavy atom. The SMILES string of the molecule is COc1ccc(CN2CC[C@@H](c3cc(=O)[nH]c(N4CCCC4)n3)C2)c(F)c1. The lowest BCUT2D eigenvalue weighted by Gasteiger charge is -2.19. The van der Waals surface area contributed by atoms with Gasteiger partial charge < -0.3 is 9.64 Å². The van der Waals surface area contributed by atoms with Crippen LogP contribution in [0.4, 0.5) is 10.3 Å². The van der Waals surface area contributed by atoms with Crippen LogP contribution in [0.3, 0.4) is 0 Å². The molecular weight excluding hydrogens is 347 g/mol. The van der Waals surface area contributed by atoms with Crippen LogP contribution < -0.4 is 15.2 Å². The molecule has 2 aliphatic heterocycles. The number of ether oxygens (including phenoxy) is 1. The Bertz CT molecular complexity index is 863. The van der Waals surface area contributed by atoms with Crippen molar-refractivity contribution in [3.05, 3.63) is 51.7 Å². The van der Waals surface area contributed by atoms with Crippen LogP contribution in [-0.4, -0.2) is 48.2 Å². The van der Waals surface area contributed by atoms with E-state index in [0.29, 0.717) is 23.8 Å². The number of H-pyrrole nitrogens is 1. The summed E-state index contributed by atoms with van der Waals surface area (Å²) in [6.45, 7) is 4.08. The number of halogens is 1. The van der Waals surface area contributed by atoms with Crippen LogP contribution >= 0.6 is 0 Å². The number of aromatic nitrogens is 2. The number of benzene rings is 1. The summed E-state index contributed by atoms with van der Waals surface area (Å²) in [6, 6.07) is 6.59. The van der Waals surface area contributed by atoms with Crippen LogP contribution in [0.5, 0.6) is 5.75 Å². The third-order valence-electron chi connectivity index (χ3n) is 5.50. The zero-order valence-electron chi connectivity index (χ0n) is 15.6. The highest BCUT2D eigenvalue weighted by atomic mass is 19.1. The molecule has 4 rings (SSSR count). The molecular formula is C20H25FN4O2. The third-order valence-corrected chi connectivity index (χ3v) is 5.50. The maximum atomic E-state index is 14.2. The number of likely N-dealkylation sites (tertiary alicyclic amines) is 1. The molecule has 7 heteroatoms. The number of rotatable bonds is 5. The molecule has 0 radical (unpaired) electrons. The van der Waals surface area contributed by atoms with E-state index in [-0.39, 0.29) is 17.3 Å². The minimum Gasteiger partial charge on any atom is -0.497 e. The summed E-state index contributed by atoms with van der Waals surface area (Å²) in [7, 11) is 1.53. The van der Waals surface area contributed by atoms with Gasteiger partial charge in [0.05, 0.1) is 12.8 Å². The van der Waals surface area contributed by atoms with Gasteiger partial charge in [-0.2, -0.15) is 0 Å². The normalized spacial score (nSPS) is 20.4. The molecule has 6 nitrogen and oxygen atoms in total. The standard InChI is InChI=1S/C20H25FN4O2/c1-27-16-5-4-14(17(21)10-16)12-24-9-6-15(13-24)18-11-19(26)23-20(22-18)25-7-2-3-8-25/h4-5,10-11,15H,2-3,6-9,12-13H2,1H3,(H,22,23,26)/t15-/m1/s1. The predicted octanol–water partition coefficient (Wildman–Crippen LogP) is 2.51. The highest BCUT2D eigenvalue weighted by molar-refractivity contribution is 5.33. The smallest absolute Gasteiger partial charge is 0.252 e. The molecule has 0 saturated carbocycles. The van der Waals surface area contributed by atoms with E-state index >= 15 is 0 Å². The first-order valence-corrected chi connectivity index (χ1v) is 9.53. The molecule has 0 amide bonds. The first kappa shape index (κ1) is 18.0. The fourth-order valence-electron chi connectivity index (χ4n) is 3.99. The quantitative estimate of drug-likeness (QED) is 0.874. The van der Waals surface area contributed by atoms with Gasteiger partial charge in [0.15, 0.2) is 0 Å². The summed E-state index contributed by atoms with van der Waals surface area (Å²) < 4.78 is 19.3. The summed E-state index contributed by atoms with van der Waals surface area (Å²) in [5, 5.41) is 0. The Morgan fingerprint density at radius 3 is 2.81 bits per heavy atom. The van der Waals surface area contributed by atoms with Gasteiger partial charge in [-0.1, -0.05) is 6.07 Å². The molecule has 144 valence electrons. The van der Waals surface area contributed by atoms with E-state index in [4.69, 9.17) is 9.72 Å². The Morgan fingerprint density at radius 1 is 1.26 bits per heavy atom. The summed E-state index contributed by atoms with van der Waals surface area (Å²) >= 11 is 0. The average Bonchev–Trinajstić information content (AvgIpc) is 3.35. The van der Waals surface area contributed by atoms with Crippen LogP contribution in [0.1, 0.15) is 36.4 Å². The Labute approximate surface area is 158 Å². The van der Waals surface area contributed by atoms with Crippen molar-refractivity contribution in [1.82, 2.24) is 14.9 Å². The maximum Gasteiger partial charge on any atom is 0.252 e. The van der Waals surface area contributed by atoms with E-state index in [2.05, 4.69) is 14.8 Å². The Hall–Kier alpha value is -2.41. The van der Waals surface area contributed by atoms with Gasteiger partial charge in [0.1, 0.15) is 11.6 Å². The fraction of sp³-hybridized carbons (Fsp3) is 0.500. The minimum atomic E-state index is -0.247. The molecule has 1 aromatic carbocycles. The molecule has 0 aliphatic carbocycles. The summed E-state index contributed by atoms with van der Waals surface area (Å²) in [5.41, 5.74) is 1.41. The summed E-state index contributed by atoms with van der Waals surface area (Å²) in [4.78, 5) is 24.1. The molecule has 0 unspecified atom stereocenters. The van der Waals surface area contributed by atoms with Crippen LogP contribution in [-0.2, 0) is 6.54 Å². The van der Waals surface area contributed by atoms with Gasteiger partial charge >= 0.3 is 0 Å². The number of hydrogen-bond donors (Lipinski definition) is 1. The average molecular weight is 372 g/mol. The topological polar surface area (TPSA) is 61.5 Å². The van der Waals surface area contributed by atoms with Crippen molar-refractivity contribution in [2.45, 2.75) is 31.7 Å². The van der Waals surface area contributed by atoms with Crippen molar-refractivity contribution in [3.8, 4) is 5.75 Å². The molecule has 1 N–H and O–H groups in total. The van der Waals surface area contributed by atoms with Gasteiger partial charge in [0, 0.05) is 49.8 Å². The number of anilines is 1. The Balaban J connectivity index is 1.46. The zero-order valence-corrected chi connectivity index (χ0v) is 15.6. The molecule has 1 aromatic heterocycles. The fourth-order valence-corrected chi connectivity index (χ4v) is 3.99. The van der Waals surface area contributed by atoms with E-state index in [1.807, 2.05) is 0 Å². The van der Waals surface area contributed by atoms with Crippen LogP contribution in [0.15, 0.2) is 29.1 Å². The van der Waals surface area contributed by atoms with E-state index in [0.717, 1.165) is 51.1 Å². The van der Waals surface area contributed by atoms with E-state index < -0.39 is 0 Å². The van der Waals surface area contributed by atoms with E-state index in [1.54, 1.807) is 18.2 Å². The van der Waals surface area contributed by atoms with Crippen LogP contribution in [0, 0.1) is 5.82 Å². The van der Waals surface area contributed by atoms with Crippen molar-refractivity contribution in [1.29, 1.82) is 0 Å². The largest absolute Gasteiger partial charge is 0.497 e. The molecule has 2 saturated heterocycles. The highest BCUT2D eigenvalue weighted by Crippen LogP contribution is 2.28. The second-order valence-corrected chi connectivity index (χ2v) is 7.37. The minimum absolute atomic E-state index is 0.0958. The number of hydrogen-bond acceptors (Lipinski definition) is 5. The lowest BCUT2D eigenvalue weighted by Crippen LogP contribution is -2.25. The van der Waals surface area contributed by atoms with Gasteiger partial charge in [0.2, 0.25) is 5.95 Å². The summed E-state index contributed by atoms with van der Waals surface area (Å²) in [5.74, 6) is 1.17. The Kier molecular flexibility index (Phi) is 5.11. The van der Waals surface area contributed by atoms with E-state index in [9.17, 15) is 9.18 Å². The van der Waals surface area contributed by atoms with Crippen molar-refractivity contribution < 1.29 is 9.13 Å². The second kappa shape index (κ2) is 7.68. The number of nitrogens with zero attached hydrogens (tertiary/aromatic N) is 3. The van der Waals surface area contributed by atoms with Crippen LogP contribution in [0.25, 0.3) is 0 Å². The van der Waals surface area contributed by atoms with Crippen molar-refractivity contribution in [2.75, 3.05) is 38.2 Å². The molecule has 0 bridgehead atoms. The molecule has 1 atom stereocenters. The zero-order chi connectivity index (χ0) is 18.8. The van der Waals surface area contributed by atoms with Crippen molar-refractivity contribution >= 4 is 5.95 Å². The van der Waals surface area contributed by atoms with Gasteiger partial charge in [-0.3, -0.25) is 14.7 Å². The van der Waals surface area contributed by atoms with Gasteiger partial charge in [-0.15, -0.1) is 0 Å². The van der Waals surface area contributed by atoms with E-state index in [1.165, 1.54) is 13.2 Å². The highest BCUT2D eigenvalue weighted by Gasteiger charge is 2.27. The first-order chi connectivity index (χ1) is 13.1. The predicted molar refractivity (Wildman–Crippen MR) is 102 cm³/mol. The first-order valence-electron chi connectivity index (χ1n) is 9.53. The molecule has 27 heavy (non-hydrogen) atoms. The van der Waals surface area contributed by atoms with Crippen molar-refractivity contribution in [3.63, 3.8) is 0 Å². The molecule has 2 fully saturated rings. The lowest BCUT2D eigenvalue weighted by molar-refractivity contribution is 0.320. The number of aromatic amines is 1.